The standard InChI is InChI=1S/C11H16N4O7S/c1-21-5(17)2-12-8-9(20)13-11(23)15(14-8)10-7(19)6(18)4(3-16)22-10/h4,6-7,10,16,18-19H,2-3H2,1H3,(H,12,14)(H,13,20,23)/t4-,6+,7-,10+/m0/s1. The van der Waals surface area contributed by atoms with E-state index in [1.165, 1.54) is 7.11 Å². The van der Waals surface area contributed by atoms with Gasteiger partial charge in [0.1, 0.15) is 24.9 Å². The molecule has 0 saturated carbocycles. The second-order valence-corrected chi connectivity index (χ2v) is 5.10. The van der Waals surface area contributed by atoms with Gasteiger partial charge in [-0.25, -0.2) is 4.68 Å². The molecular formula is C11H16N4O7S. The summed E-state index contributed by atoms with van der Waals surface area (Å²) in [7, 11) is 1.19. The number of aliphatic hydroxyl groups excluding tert-OH is 3. The van der Waals surface area contributed by atoms with Gasteiger partial charge in [0.2, 0.25) is 5.82 Å². The second-order valence-electron chi connectivity index (χ2n) is 4.71. The Morgan fingerprint density at radius 1 is 1.52 bits per heavy atom. The molecule has 0 amide bonds. The lowest BCUT2D eigenvalue weighted by molar-refractivity contribution is -0.138. The zero-order chi connectivity index (χ0) is 17.1. The summed E-state index contributed by atoms with van der Waals surface area (Å²) >= 11 is 4.95. The minimum atomic E-state index is -1.41. The van der Waals surface area contributed by atoms with E-state index in [-0.39, 0.29) is 17.1 Å². The van der Waals surface area contributed by atoms with Gasteiger partial charge in [0.25, 0.3) is 5.56 Å². The van der Waals surface area contributed by atoms with Gasteiger partial charge in [0.15, 0.2) is 11.0 Å². The van der Waals surface area contributed by atoms with Crippen LogP contribution < -0.4 is 10.9 Å². The molecule has 1 aromatic heterocycles. The van der Waals surface area contributed by atoms with Gasteiger partial charge in [-0.3, -0.25) is 14.6 Å². The first kappa shape index (κ1) is 17.5. The maximum Gasteiger partial charge on any atom is 0.325 e. The first-order chi connectivity index (χ1) is 10.9. The van der Waals surface area contributed by atoms with E-state index >= 15 is 0 Å². The average molecular weight is 348 g/mol. The van der Waals surface area contributed by atoms with Gasteiger partial charge in [-0.15, -0.1) is 5.10 Å². The molecule has 0 bridgehead atoms. The van der Waals surface area contributed by atoms with Crippen molar-refractivity contribution in [2.45, 2.75) is 24.5 Å². The van der Waals surface area contributed by atoms with Crippen molar-refractivity contribution < 1.29 is 29.6 Å². The number of methoxy groups -OCH3 is 1. The molecule has 0 aliphatic carbocycles. The summed E-state index contributed by atoms with van der Waals surface area (Å²) < 4.78 is 10.5. The van der Waals surface area contributed by atoms with E-state index in [4.69, 9.17) is 22.1 Å². The fourth-order valence-electron chi connectivity index (χ4n) is 2.01. The molecule has 1 aromatic rings. The Hall–Kier alpha value is -1.86. The molecule has 1 saturated heterocycles. The predicted molar refractivity (Wildman–Crippen MR) is 77.2 cm³/mol. The quantitative estimate of drug-likeness (QED) is 0.284. The number of nitrogens with one attached hydrogen (secondary N) is 2. The van der Waals surface area contributed by atoms with Gasteiger partial charge in [-0.2, -0.15) is 0 Å². The number of rotatable bonds is 5. The molecule has 1 aliphatic heterocycles. The number of anilines is 1. The average Bonchev–Trinajstić information content (AvgIpc) is 2.81. The molecule has 0 spiro atoms. The summed E-state index contributed by atoms with van der Waals surface area (Å²) in [6.45, 7) is -0.821. The monoisotopic (exact) mass is 348 g/mol. The Bertz CT molecular complexity index is 690. The van der Waals surface area contributed by atoms with Gasteiger partial charge in [-0.1, -0.05) is 0 Å². The van der Waals surface area contributed by atoms with Gasteiger partial charge in [0, 0.05) is 0 Å². The molecular weight excluding hydrogens is 332 g/mol. The number of hydrogen-bond acceptors (Lipinski definition) is 10. The van der Waals surface area contributed by atoms with Crippen molar-refractivity contribution in [3.05, 3.63) is 15.1 Å². The molecule has 12 heteroatoms. The van der Waals surface area contributed by atoms with Gasteiger partial charge in [0.05, 0.1) is 13.7 Å². The fourth-order valence-corrected chi connectivity index (χ4v) is 2.25. The first-order valence-corrected chi connectivity index (χ1v) is 6.96. The largest absolute Gasteiger partial charge is 0.468 e. The lowest BCUT2D eigenvalue weighted by atomic mass is 10.1. The molecule has 128 valence electrons. The van der Waals surface area contributed by atoms with Crippen molar-refractivity contribution in [2.24, 2.45) is 0 Å². The van der Waals surface area contributed by atoms with Crippen LogP contribution in [0.15, 0.2) is 4.79 Å². The van der Waals surface area contributed by atoms with E-state index in [0.717, 1.165) is 4.68 Å². The third kappa shape index (κ3) is 3.56. The molecule has 2 heterocycles. The number of nitrogens with zero attached hydrogens (tertiary/aromatic N) is 2. The van der Waals surface area contributed by atoms with Crippen molar-refractivity contribution in [1.29, 1.82) is 0 Å². The van der Waals surface area contributed by atoms with Gasteiger partial charge >= 0.3 is 5.97 Å². The molecule has 0 radical (unpaired) electrons. The highest BCUT2D eigenvalue weighted by molar-refractivity contribution is 7.71. The van der Waals surface area contributed by atoms with Crippen LogP contribution in [0.4, 0.5) is 5.82 Å². The summed E-state index contributed by atoms with van der Waals surface area (Å²) in [4.78, 5) is 25.2. The SMILES string of the molecule is COC(=O)CNc1nn([C@@H]2O[C@@H](CO)[C@@H](O)[C@@H]2O)c(=S)[nH]c1=O. The van der Waals surface area contributed by atoms with E-state index in [9.17, 15) is 19.8 Å². The van der Waals surface area contributed by atoms with Crippen LogP contribution in [0.1, 0.15) is 6.23 Å². The van der Waals surface area contributed by atoms with Crippen molar-refractivity contribution in [3.8, 4) is 0 Å². The van der Waals surface area contributed by atoms with E-state index < -0.39 is 42.7 Å². The van der Waals surface area contributed by atoms with Crippen molar-refractivity contribution in [3.63, 3.8) is 0 Å². The van der Waals surface area contributed by atoms with Crippen LogP contribution >= 0.6 is 12.2 Å². The lowest BCUT2D eigenvalue weighted by Gasteiger charge is -2.17. The zero-order valence-electron chi connectivity index (χ0n) is 12.0. The minimum Gasteiger partial charge on any atom is -0.468 e. The number of ether oxygens (including phenoxy) is 2. The van der Waals surface area contributed by atoms with E-state index in [1.54, 1.807) is 0 Å². The van der Waals surface area contributed by atoms with Crippen LogP contribution in [-0.4, -0.2) is 74.6 Å². The number of carbonyl (C=O) groups is 1. The normalized spacial score (nSPS) is 27.0. The number of carbonyl (C=O) groups excluding carboxylic acids is 1. The maximum absolute atomic E-state index is 11.8. The van der Waals surface area contributed by atoms with E-state index in [1.807, 2.05) is 0 Å². The summed E-state index contributed by atoms with van der Waals surface area (Å²) in [6.07, 6.45) is -4.97. The zero-order valence-corrected chi connectivity index (χ0v) is 12.8. The Labute approximate surface area is 134 Å². The number of H-pyrrole nitrogens is 1. The van der Waals surface area contributed by atoms with Gasteiger partial charge in [-0.05, 0) is 12.2 Å². The fraction of sp³-hybridized carbons (Fsp3) is 0.636. The van der Waals surface area contributed by atoms with Gasteiger partial charge < -0.3 is 30.1 Å². The third-order valence-corrected chi connectivity index (χ3v) is 3.53. The maximum atomic E-state index is 11.8. The number of esters is 1. The first-order valence-electron chi connectivity index (χ1n) is 6.55. The number of aliphatic hydroxyl groups is 3. The minimum absolute atomic E-state index is 0.159. The van der Waals surface area contributed by atoms with Crippen LogP contribution in [0.5, 0.6) is 0 Å². The van der Waals surface area contributed by atoms with E-state index in [2.05, 4.69) is 20.1 Å². The smallest absolute Gasteiger partial charge is 0.325 e. The number of hydrogen-bond donors (Lipinski definition) is 5. The summed E-state index contributed by atoms with van der Waals surface area (Å²) in [5.41, 5.74) is -0.679. The molecule has 4 atom stereocenters. The number of aromatic amines is 1. The molecule has 1 fully saturated rings. The Morgan fingerprint density at radius 2 is 2.22 bits per heavy atom. The van der Waals surface area contributed by atoms with Crippen molar-refractivity contribution >= 4 is 24.0 Å². The summed E-state index contributed by atoms with van der Waals surface area (Å²) in [5.74, 6) is -0.866. The third-order valence-electron chi connectivity index (χ3n) is 3.24. The predicted octanol–water partition coefficient (Wildman–Crippen LogP) is -2.50. The molecule has 1 aliphatic rings. The summed E-state index contributed by atoms with van der Waals surface area (Å²) in [5, 5.41) is 35.2. The molecule has 2 rings (SSSR count). The van der Waals surface area contributed by atoms with Crippen LogP contribution in [0, 0.1) is 4.77 Å². The van der Waals surface area contributed by atoms with Crippen LogP contribution in [0.25, 0.3) is 0 Å². The molecule has 11 nitrogen and oxygen atoms in total. The highest BCUT2D eigenvalue weighted by atomic mass is 32.1. The Morgan fingerprint density at radius 3 is 2.78 bits per heavy atom. The Kier molecular flexibility index (Phi) is 5.43. The highest BCUT2D eigenvalue weighted by Gasteiger charge is 2.44. The summed E-state index contributed by atoms with van der Waals surface area (Å²) in [6, 6.07) is 0. The molecule has 23 heavy (non-hydrogen) atoms. The molecule has 0 aromatic carbocycles. The second kappa shape index (κ2) is 7.14. The topological polar surface area (TPSA) is 159 Å². The van der Waals surface area contributed by atoms with Crippen LogP contribution in [0.2, 0.25) is 0 Å². The lowest BCUT2D eigenvalue weighted by Crippen LogP contribution is -2.34. The molecule has 5 N–H and O–H groups in total. The van der Waals surface area contributed by atoms with E-state index in [0.29, 0.717) is 0 Å². The van der Waals surface area contributed by atoms with Crippen LogP contribution in [-0.2, 0) is 14.3 Å². The van der Waals surface area contributed by atoms with Crippen molar-refractivity contribution in [2.75, 3.05) is 25.6 Å². The van der Waals surface area contributed by atoms with Crippen LogP contribution in [0.3, 0.4) is 0 Å². The number of aromatic nitrogens is 3. The van der Waals surface area contributed by atoms with Crippen molar-refractivity contribution in [1.82, 2.24) is 14.8 Å². The molecule has 0 unspecified atom stereocenters. The highest BCUT2D eigenvalue weighted by Crippen LogP contribution is 2.28. The Balaban J connectivity index is 2.31.